The van der Waals surface area contributed by atoms with E-state index in [-0.39, 0.29) is 5.56 Å². The van der Waals surface area contributed by atoms with E-state index in [2.05, 4.69) is 4.74 Å². The molecule has 4 atom stereocenters. The quantitative estimate of drug-likeness (QED) is 0.658. The maximum Gasteiger partial charge on any atom is 0.417 e. The first-order valence-corrected chi connectivity index (χ1v) is 7.37. The minimum Gasteiger partial charge on any atom is -0.505 e. The second-order valence-corrected chi connectivity index (χ2v) is 6.00. The number of benzene rings is 1. The van der Waals surface area contributed by atoms with Crippen molar-refractivity contribution in [1.29, 1.82) is 0 Å². The summed E-state index contributed by atoms with van der Waals surface area (Å²) in [4.78, 5) is 12.0. The zero-order valence-corrected chi connectivity index (χ0v) is 14.0. The van der Waals surface area contributed by atoms with Crippen molar-refractivity contribution in [2.24, 2.45) is 5.92 Å². The lowest BCUT2D eigenvalue weighted by Gasteiger charge is -2.31. The topological polar surface area (TPSA) is 65.0 Å². The molecule has 0 radical (unpaired) electrons. The number of phenols is 1. The summed E-state index contributed by atoms with van der Waals surface area (Å²) in [6.45, 7) is 2.09. The van der Waals surface area contributed by atoms with Crippen molar-refractivity contribution >= 4 is 5.97 Å². The zero-order valence-electron chi connectivity index (χ0n) is 14.0. The molecule has 1 heterocycles. The van der Waals surface area contributed by atoms with Gasteiger partial charge in [0.05, 0.1) is 14.2 Å². The number of carbonyl (C=O) groups is 1. The minimum atomic E-state index is -4.77. The third kappa shape index (κ3) is 2.90. The molecular formula is C16H18F4O5. The van der Waals surface area contributed by atoms with Gasteiger partial charge in [0.2, 0.25) is 5.82 Å². The first-order chi connectivity index (χ1) is 11.5. The number of ether oxygens (including phenoxy) is 3. The summed E-state index contributed by atoms with van der Waals surface area (Å²) in [5.74, 6) is -5.75. The van der Waals surface area contributed by atoms with Gasteiger partial charge in [0.15, 0.2) is 23.2 Å². The molecule has 140 valence electrons. The maximum atomic E-state index is 14.1. The van der Waals surface area contributed by atoms with Crippen molar-refractivity contribution in [3.05, 3.63) is 23.5 Å². The third-order valence-electron chi connectivity index (χ3n) is 4.77. The molecule has 0 aliphatic carbocycles. The largest absolute Gasteiger partial charge is 0.505 e. The molecule has 5 nitrogen and oxygen atoms in total. The molecule has 1 saturated heterocycles. The molecule has 0 aromatic heterocycles. The summed E-state index contributed by atoms with van der Waals surface area (Å²) in [5.41, 5.74) is -2.66. The highest BCUT2D eigenvalue weighted by Crippen LogP contribution is 2.55. The van der Waals surface area contributed by atoms with Crippen LogP contribution in [0.15, 0.2) is 12.1 Å². The molecule has 25 heavy (non-hydrogen) atoms. The SMILES string of the molecule is COC(=O)[C@@H]1OC(C)(C(F)(F)F)C(C)C1c1ccc(O)c(F)c1OC. The molecule has 0 spiro atoms. The van der Waals surface area contributed by atoms with Gasteiger partial charge >= 0.3 is 12.1 Å². The van der Waals surface area contributed by atoms with E-state index in [1.165, 1.54) is 13.0 Å². The van der Waals surface area contributed by atoms with Gasteiger partial charge in [-0.3, -0.25) is 0 Å². The van der Waals surface area contributed by atoms with Crippen LogP contribution in [0.4, 0.5) is 17.6 Å². The van der Waals surface area contributed by atoms with Gasteiger partial charge in [-0.05, 0) is 13.0 Å². The summed E-state index contributed by atoms with van der Waals surface area (Å²) in [5, 5.41) is 9.46. The number of aromatic hydroxyl groups is 1. The van der Waals surface area contributed by atoms with Crippen molar-refractivity contribution in [2.75, 3.05) is 14.2 Å². The molecule has 1 aliphatic heterocycles. The van der Waals surface area contributed by atoms with Crippen LogP contribution in [0, 0.1) is 11.7 Å². The van der Waals surface area contributed by atoms with E-state index in [1.54, 1.807) is 0 Å². The molecule has 0 saturated carbocycles. The smallest absolute Gasteiger partial charge is 0.417 e. The molecule has 0 bridgehead atoms. The van der Waals surface area contributed by atoms with Crippen LogP contribution >= 0.6 is 0 Å². The maximum absolute atomic E-state index is 14.1. The molecule has 1 aromatic rings. The Kier molecular flexibility index (Phi) is 4.91. The van der Waals surface area contributed by atoms with Crippen molar-refractivity contribution in [3.63, 3.8) is 0 Å². The van der Waals surface area contributed by atoms with Crippen LogP contribution < -0.4 is 4.74 Å². The summed E-state index contributed by atoms with van der Waals surface area (Å²) in [6.07, 6.45) is -6.37. The van der Waals surface area contributed by atoms with E-state index < -0.39 is 53.0 Å². The van der Waals surface area contributed by atoms with Gasteiger partial charge in [0, 0.05) is 17.4 Å². The second kappa shape index (κ2) is 6.36. The fraction of sp³-hybridized carbons (Fsp3) is 0.562. The Morgan fingerprint density at radius 3 is 2.40 bits per heavy atom. The van der Waals surface area contributed by atoms with Gasteiger partial charge in [0.1, 0.15) is 0 Å². The highest BCUT2D eigenvalue weighted by atomic mass is 19.4. The number of alkyl halides is 3. The predicted molar refractivity (Wildman–Crippen MR) is 77.9 cm³/mol. The molecular weight excluding hydrogens is 348 g/mol. The Bertz CT molecular complexity index is 675. The zero-order chi connectivity index (χ0) is 19.2. The fourth-order valence-electron chi connectivity index (χ4n) is 3.15. The minimum absolute atomic E-state index is 0.0197. The first kappa shape index (κ1) is 19.3. The molecule has 1 fully saturated rings. The van der Waals surface area contributed by atoms with E-state index in [1.807, 2.05) is 0 Å². The van der Waals surface area contributed by atoms with Gasteiger partial charge in [-0.25, -0.2) is 4.79 Å². The van der Waals surface area contributed by atoms with Crippen LogP contribution in [0.5, 0.6) is 11.5 Å². The van der Waals surface area contributed by atoms with Gasteiger partial charge in [-0.15, -0.1) is 0 Å². The predicted octanol–water partition coefficient (Wildman–Crippen LogP) is 3.15. The van der Waals surface area contributed by atoms with Gasteiger partial charge in [-0.2, -0.15) is 17.6 Å². The summed E-state index contributed by atoms with van der Waals surface area (Å²) in [7, 11) is 2.13. The average Bonchev–Trinajstić information content (AvgIpc) is 2.82. The van der Waals surface area contributed by atoms with E-state index in [0.717, 1.165) is 27.2 Å². The van der Waals surface area contributed by atoms with Crippen LogP contribution in [0.25, 0.3) is 0 Å². The van der Waals surface area contributed by atoms with E-state index in [0.29, 0.717) is 0 Å². The fourth-order valence-corrected chi connectivity index (χ4v) is 3.15. The summed E-state index contributed by atoms with van der Waals surface area (Å²) in [6, 6.07) is 2.19. The lowest BCUT2D eigenvalue weighted by atomic mass is 9.77. The molecule has 2 rings (SSSR count). The number of carbonyl (C=O) groups excluding carboxylic acids is 1. The highest BCUT2D eigenvalue weighted by Gasteiger charge is 2.66. The third-order valence-corrected chi connectivity index (χ3v) is 4.77. The second-order valence-electron chi connectivity index (χ2n) is 6.00. The summed E-state index contributed by atoms with van der Waals surface area (Å²) < 4.78 is 69.2. The van der Waals surface area contributed by atoms with Crippen LogP contribution in [-0.4, -0.2) is 43.2 Å². The number of halogens is 4. The number of esters is 1. The Morgan fingerprint density at radius 2 is 1.92 bits per heavy atom. The molecule has 1 aliphatic rings. The Balaban J connectivity index is 2.65. The van der Waals surface area contributed by atoms with Gasteiger partial charge in [-0.1, -0.05) is 13.0 Å². The highest BCUT2D eigenvalue weighted by molar-refractivity contribution is 5.77. The van der Waals surface area contributed by atoms with Crippen LogP contribution in [0.1, 0.15) is 25.3 Å². The molecule has 0 amide bonds. The Hall–Kier alpha value is -2.03. The average molecular weight is 366 g/mol. The van der Waals surface area contributed by atoms with E-state index in [4.69, 9.17) is 9.47 Å². The number of methoxy groups -OCH3 is 2. The van der Waals surface area contributed by atoms with Gasteiger partial charge < -0.3 is 19.3 Å². The Morgan fingerprint density at radius 1 is 1.32 bits per heavy atom. The van der Waals surface area contributed by atoms with Crippen molar-refractivity contribution in [2.45, 2.75) is 37.6 Å². The van der Waals surface area contributed by atoms with Crippen LogP contribution in [0.2, 0.25) is 0 Å². The molecule has 3 unspecified atom stereocenters. The van der Waals surface area contributed by atoms with E-state index in [9.17, 15) is 27.5 Å². The van der Waals surface area contributed by atoms with Crippen molar-refractivity contribution < 1.29 is 41.7 Å². The Labute approximate surface area is 141 Å². The first-order valence-electron chi connectivity index (χ1n) is 7.37. The van der Waals surface area contributed by atoms with E-state index >= 15 is 0 Å². The van der Waals surface area contributed by atoms with Crippen LogP contribution in [0.3, 0.4) is 0 Å². The number of phenolic OH excluding ortho intramolecular Hbond substituents is 1. The lowest BCUT2D eigenvalue weighted by Crippen LogP contribution is -2.47. The molecule has 9 heteroatoms. The molecule has 1 N–H and O–H groups in total. The van der Waals surface area contributed by atoms with Gasteiger partial charge in [0.25, 0.3) is 0 Å². The number of hydrogen-bond acceptors (Lipinski definition) is 5. The normalized spacial score (nSPS) is 29.5. The monoisotopic (exact) mass is 366 g/mol. The number of rotatable bonds is 3. The van der Waals surface area contributed by atoms with Crippen molar-refractivity contribution in [3.8, 4) is 11.5 Å². The standard InChI is InChI=1S/C16H18F4O5/c1-7-10(8-5-6-9(21)11(17)12(8)23-3)13(14(22)24-4)25-15(7,2)16(18,19)20/h5-7,10,13,21H,1-4H3/t7?,10?,13-,15?/m1/s1. The van der Waals surface area contributed by atoms with Crippen molar-refractivity contribution in [1.82, 2.24) is 0 Å². The van der Waals surface area contributed by atoms with Crippen LogP contribution in [-0.2, 0) is 14.3 Å². The molecule has 1 aromatic carbocycles. The summed E-state index contributed by atoms with van der Waals surface area (Å²) >= 11 is 0. The lowest BCUT2D eigenvalue weighted by molar-refractivity contribution is -0.274. The number of hydrogen-bond donors (Lipinski definition) is 1.